The number of nitro groups is 2. The van der Waals surface area contributed by atoms with E-state index in [1.165, 1.54) is 0 Å². The van der Waals surface area contributed by atoms with E-state index in [1.54, 1.807) is 35.2 Å². The molecule has 1 N–H and O–H groups in total. The molecule has 0 radical (unpaired) electrons. The number of rotatable bonds is 5. The lowest BCUT2D eigenvalue weighted by Gasteiger charge is -2.18. The number of anilines is 3. The van der Waals surface area contributed by atoms with Gasteiger partial charge in [-0.2, -0.15) is 0 Å². The predicted molar refractivity (Wildman–Crippen MR) is 129 cm³/mol. The number of carbonyl (C=O) groups is 2. The van der Waals surface area contributed by atoms with Gasteiger partial charge in [-0.25, -0.2) is 0 Å². The van der Waals surface area contributed by atoms with Crippen molar-refractivity contribution < 1.29 is 19.4 Å². The Morgan fingerprint density at radius 3 is 2.34 bits per heavy atom. The highest BCUT2D eigenvalue weighted by Gasteiger charge is 2.32. The number of hydrogen-bond acceptors (Lipinski definition) is 6. The van der Waals surface area contributed by atoms with Crippen LogP contribution >= 0.6 is 0 Å². The molecule has 1 aliphatic heterocycles. The van der Waals surface area contributed by atoms with E-state index in [2.05, 4.69) is 5.32 Å². The van der Waals surface area contributed by atoms with Crippen LogP contribution in [0.4, 0.5) is 28.4 Å². The third-order valence-corrected chi connectivity index (χ3v) is 5.87. The van der Waals surface area contributed by atoms with Crippen LogP contribution in [0.2, 0.25) is 0 Å². The van der Waals surface area contributed by atoms with E-state index >= 15 is 0 Å². The molecule has 0 aromatic heterocycles. The summed E-state index contributed by atoms with van der Waals surface area (Å²) in [7, 11) is 0. The average molecular weight is 468 g/mol. The second kappa shape index (κ2) is 8.03. The molecule has 0 spiro atoms. The Hall–Kier alpha value is -5.12. The summed E-state index contributed by atoms with van der Waals surface area (Å²) in [6.45, 7) is 1.95. The summed E-state index contributed by atoms with van der Waals surface area (Å²) >= 11 is 0. The number of carbonyl (C=O) groups excluding carboxylic acids is 2. The van der Waals surface area contributed by atoms with Gasteiger partial charge in [-0.05, 0) is 43.3 Å². The Kier molecular flexibility index (Phi) is 4.98. The molecule has 2 amide bonds. The van der Waals surface area contributed by atoms with Crippen molar-refractivity contribution in [1.29, 1.82) is 0 Å². The number of nitrogens with zero attached hydrogens (tertiary/aromatic N) is 3. The number of nitrogens with one attached hydrogen (secondary N) is 1. The highest BCUT2D eigenvalue weighted by molar-refractivity contribution is 6.29. The van der Waals surface area contributed by atoms with E-state index < -0.39 is 27.1 Å². The number of benzene rings is 4. The van der Waals surface area contributed by atoms with Crippen LogP contribution in [0, 0.1) is 27.2 Å². The molecule has 0 fully saturated rings. The van der Waals surface area contributed by atoms with Gasteiger partial charge in [-0.3, -0.25) is 34.7 Å². The van der Waals surface area contributed by atoms with Gasteiger partial charge in [0, 0.05) is 28.2 Å². The molecule has 35 heavy (non-hydrogen) atoms. The molecule has 0 unspecified atom stereocenters. The fourth-order valence-corrected chi connectivity index (χ4v) is 4.21. The maximum absolute atomic E-state index is 13.2. The standard InChI is InChI=1S/C25H16N4O6/c1-14-5-7-15(8-6-14)27-21-12-11-20(17-3-2-4-19(23(17)21)25(27)31)26-24(30)18-10-9-16(28(32)33)13-22(18)29(34)35/h2-13H,1H3,(H,26,30). The van der Waals surface area contributed by atoms with Crippen molar-refractivity contribution in [2.24, 2.45) is 0 Å². The van der Waals surface area contributed by atoms with E-state index in [4.69, 9.17) is 0 Å². The number of amides is 2. The molecule has 0 atom stereocenters. The number of nitro benzene ring substituents is 2. The van der Waals surface area contributed by atoms with Gasteiger partial charge in [0.15, 0.2) is 0 Å². The van der Waals surface area contributed by atoms with E-state index in [0.29, 0.717) is 33.4 Å². The highest BCUT2D eigenvalue weighted by Crippen LogP contribution is 2.44. The van der Waals surface area contributed by atoms with Gasteiger partial charge in [0.2, 0.25) is 0 Å². The summed E-state index contributed by atoms with van der Waals surface area (Å²) in [5, 5.41) is 26.3. The van der Waals surface area contributed by atoms with Crippen LogP contribution in [-0.4, -0.2) is 21.7 Å². The minimum atomic E-state index is -0.840. The van der Waals surface area contributed by atoms with E-state index in [-0.39, 0.29) is 11.5 Å². The largest absolute Gasteiger partial charge is 0.321 e. The minimum absolute atomic E-state index is 0.205. The van der Waals surface area contributed by atoms with Gasteiger partial charge >= 0.3 is 0 Å². The molecular formula is C25H16N4O6. The Labute approximate surface area is 197 Å². The molecule has 5 rings (SSSR count). The second-order valence-electron chi connectivity index (χ2n) is 8.01. The van der Waals surface area contributed by atoms with Gasteiger partial charge in [-0.1, -0.05) is 29.8 Å². The number of hydrogen-bond donors (Lipinski definition) is 1. The molecule has 4 aromatic carbocycles. The third kappa shape index (κ3) is 3.53. The zero-order valence-electron chi connectivity index (χ0n) is 18.2. The van der Waals surface area contributed by atoms with E-state index in [1.807, 2.05) is 31.2 Å². The molecule has 0 saturated heterocycles. The first kappa shape index (κ1) is 21.7. The lowest BCUT2D eigenvalue weighted by Crippen LogP contribution is -2.20. The summed E-state index contributed by atoms with van der Waals surface area (Å²) in [6.07, 6.45) is 0. The Morgan fingerprint density at radius 2 is 1.66 bits per heavy atom. The van der Waals surface area contributed by atoms with Crippen molar-refractivity contribution >= 4 is 51.0 Å². The van der Waals surface area contributed by atoms with E-state index in [0.717, 1.165) is 23.8 Å². The summed E-state index contributed by atoms with van der Waals surface area (Å²) in [6, 6.07) is 18.8. The quantitative estimate of drug-likeness (QED) is 0.303. The Bertz CT molecular complexity index is 1580. The summed E-state index contributed by atoms with van der Waals surface area (Å²) in [5.74, 6) is -1.00. The molecule has 4 aromatic rings. The molecule has 0 aliphatic carbocycles. The predicted octanol–water partition coefficient (Wildman–Crippen LogP) is 5.51. The highest BCUT2D eigenvalue weighted by atomic mass is 16.6. The summed E-state index contributed by atoms with van der Waals surface area (Å²) < 4.78 is 0. The van der Waals surface area contributed by atoms with Crippen molar-refractivity contribution in [3.05, 3.63) is 110 Å². The van der Waals surface area contributed by atoms with Crippen molar-refractivity contribution in [2.45, 2.75) is 6.92 Å². The topological polar surface area (TPSA) is 136 Å². The fraction of sp³-hybridized carbons (Fsp3) is 0.0400. The zero-order valence-corrected chi connectivity index (χ0v) is 18.2. The van der Waals surface area contributed by atoms with E-state index in [9.17, 15) is 29.8 Å². The maximum atomic E-state index is 13.2. The minimum Gasteiger partial charge on any atom is -0.321 e. The molecule has 1 aliphatic rings. The number of aryl methyl sites for hydroxylation is 1. The van der Waals surface area contributed by atoms with Crippen LogP contribution in [-0.2, 0) is 0 Å². The zero-order chi connectivity index (χ0) is 24.9. The van der Waals surface area contributed by atoms with Gasteiger partial charge in [-0.15, -0.1) is 0 Å². The van der Waals surface area contributed by atoms with Crippen LogP contribution in [0.5, 0.6) is 0 Å². The lowest BCUT2D eigenvalue weighted by molar-refractivity contribution is -0.394. The van der Waals surface area contributed by atoms with Crippen molar-refractivity contribution in [3.8, 4) is 0 Å². The third-order valence-electron chi connectivity index (χ3n) is 5.87. The van der Waals surface area contributed by atoms with Gasteiger partial charge in [0.1, 0.15) is 5.56 Å². The molecule has 10 nitrogen and oxygen atoms in total. The van der Waals surface area contributed by atoms with Crippen LogP contribution < -0.4 is 10.2 Å². The first-order valence-corrected chi connectivity index (χ1v) is 10.5. The van der Waals surface area contributed by atoms with Gasteiger partial charge < -0.3 is 5.32 Å². The maximum Gasteiger partial charge on any atom is 0.289 e. The molecule has 1 heterocycles. The molecule has 172 valence electrons. The van der Waals surface area contributed by atoms with Crippen LogP contribution in [0.15, 0.2) is 72.8 Å². The first-order chi connectivity index (χ1) is 16.8. The summed E-state index contributed by atoms with van der Waals surface area (Å²) in [5.41, 5.74) is 1.75. The second-order valence-corrected chi connectivity index (χ2v) is 8.01. The number of non-ortho nitro benzene ring substituents is 1. The fourth-order valence-electron chi connectivity index (χ4n) is 4.21. The van der Waals surface area contributed by atoms with Crippen LogP contribution in [0.1, 0.15) is 26.3 Å². The van der Waals surface area contributed by atoms with Gasteiger partial charge in [0.05, 0.1) is 27.2 Å². The normalized spacial score (nSPS) is 12.1. The molecule has 0 bridgehead atoms. The van der Waals surface area contributed by atoms with Crippen molar-refractivity contribution in [3.63, 3.8) is 0 Å². The molecular weight excluding hydrogens is 452 g/mol. The van der Waals surface area contributed by atoms with Crippen molar-refractivity contribution in [1.82, 2.24) is 0 Å². The summed E-state index contributed by atoms with van der Waals surface area (Å²) in [4.78, 5) is 48.6. The van der Waals surface area contributed by atoms with Crippen LogP contribution in [0.25, 0.3) is 10.8 Å². The SMILES string of the molecule is Cc1ccc(N2C(=O)c3cccc4c(NC(=O)c5ccc([N+](=O)[O-])cc5[N+](=O)[O-])ccc2c34)cc1. The van der Waals surface area contributed by atoms with Crippen LogP contribution in [0.3, 0.4) is 0 Å². The average Bonchev–Trinajstić information content (AvgIpc) is 3.13. The van der Waals surface area contributed by atoms with Crippen molar-refractivity contribution in [2.75, 3.05) is 10.2 Å². The molecule has 0 saturated carbocycles. The van der Waals surface area contributed by atoms with Gasteiger partial charge in [0.25, 0.3) is 23.2 Å². The lowest BCUT2D eigenvalue weighted by atomic mass is 10.0. The Morgan fingerprint density at radius 1 is 0.914 bits per heavy atom. The first-order valence-electron chi connectivity index (χ1n) is 10.5. The smallest absolute Gasteiger partial charge is 0.289 e. The monoisotopic (exact) mass is 468 g/mol. The molecule has 10 heteroatoms. The Balaban J connectivity index is 1.57.